The second-order valence-electron chi connectivity index (χ2n) is 7.43. The lowest BCUT2D eigenvalue weighted by Gasteiger charge is -2.03. The van der Waals surface area contributed by atoms with Crippen molar-refractivity contribution in [3.8, 4) is 28.4 Å². The fraction of sp³-hybridized carbons (Fsp3) is 0.208. The number of methoxy groups -OCH3 is 1. The lowest BCUT2D eigenvalue weighted by atomic mass is 10.1. The first-order chi connectivity index (χ1) is 16.5. The molecule has 0 bridgehead atoms. The zero-order chi connectivity index (χ0) is 23.9. The van der Waals surface area contributed by atoms with E-state index in [-0.39, 0.29) is 18.2 Å². The number of benzene rings is 2. The van der Waals surface area contributed by atoms with Gasteiger partial charge < -0.3 is 19.9 Å². The quantitative estimate of drug-likeness (QED) is 0.373. The fourth-order valence-electron chi connectivity index (χ4n) is 3.10. The minimum Gasteiger partial charge on any atom is -0.497 e. The molecule has 2 N–H and O–H groups in total. The van der Waals surface area contributed by atoms with E-state index in [0.717, 1.165) is 28.1 Å². The van der Waals surface area contributed by atoms with Gasteiger partial charge in [-0.1, -0.05) is 29.4 Å². The molecule has 2 aromatic heterocycles. The highest BCUT2D eigenvalue weighted by Gasteiger charge is 2.13. The van der Waals surface area contributed by atoms with Gasteiger partial charge in [0.2, 0.25) is 23.5 Å². The van der Waals surface area contributed by atoms with Crippen molar-refractivity contribution in [2.24, 2.45) is 0 Å². The predicted octanol–water partition coefficient (Wildman–Crippen LogP) is 4.08. The van der Waals surface area contributed by atoms with E-state index in [1.165, 1.54) is 18.3 Å². The van der Waals surface area contributed by atoms with Crippen LogP contribution in [0.4, 0.5) is 5.13 Å². The van der Waals surface area contributed by atoms with E-state index in [2.05, 4.69) is 25.8 Å². The van der Waals surface area contributed by atoms with Crippen LogP contribution in [-0.4, -0.2) is 34.0 Å². The highest BCUT2D eigenvalue weighted by molar-refractivity contribution is 7.14. The molecule has 9 nitrogen and oxygen atoms in total. The van der Waals surface area contributed by atoms with Gasteiger partial charge in [0.25, 0.3) is 0 Å². The minimum absolute atomic E-state index is 0.0688. The van der Waals surface area contributed by atoms with E-state index in [4.69, 9.17) is 9.26 Å². The molecular weight excluding hydrogens is 454 g/mol. The van der Waals surface area contributed by atoms with Crippen LogP contribution < -0.4 is 15.4 Å². The Bertz CT molecular complexity index is 1270. The summed E-state index contributed by atoms with van der Waals surface area (Å²) < 4.78 is 10.4. The monoisotopic (exact) mass is 477 g/mol. The largest absolute Gasteiger partial charge is 0.497 e. The number of anilines is 1. The number of rotatable bonds is 9. The molecule has 10 heteroatoms. The highest BCUT2D eigenvalue weighted by atomic mass is 32.1. The van der Waals surface area contributed by atoms with Crippen LogP contribution in [0, 0.1) is 0 Å². The smallest absolute Gasteiger partial charge is 0.227 e. The topological polar surface area (TPSA) is 119 Å². The summed E-state index contributed by atoms with van der Waals surface area (Å²) in [6.45, 7) is 1.97. The Morgan fingerprint density at radius 2 is 1.76 bits per heavy atom. The van der Waals surface area contributed by atoms with Crippen LogP contribution in [0.5, 0.6) is 5.75 Å². The Labute approximate surface area is 200 Å². The third-order valence-electron chi connectivity index (χ3n) is 4.92. The van der Waals surface area contributed by atoms with Crippen molar-refractivity contribution in [1.29, 1.82) is 0 Å². The number of carbonyl (C=O) groups excluding carboxylic acids is 2. The molecule has 0 saturated carbocycles. The summed E-state index contributed by atoms with van der Waals surface area (Å²) in [7, 11) is 1.60. The summed E-state index contributed by atoms with van der Waals surface area (Å²) in [4.78, 5) is 32.2. The molecule has 2 aromatic carbocycles. The van der Waals surface area contributed by atoms with Gasteiger partial charge >= 0.3 is 0 Å². The maximum Gasteiger partial charge on any atom is 0.227 e. The molecule has 0 aliphatic carbocycles. The van der Waals surface area contributed by atoms with Crippen LogP contribution in [0.1, 0.15) is 24.8 Å². The summed E-state index contributed by atoms with van der Waals surface area (Å²) in [6, 6.07) is 15.1. The van der Waals surface area contributed by atoms with Gasteiger partial charge in [-0.3, -0.25) is 9.59 Å². The number of nitrogens with zero attached hydrogens (tertiary/aromatic N) is 3. The maximum absolute atomic E-state index is 12.4. The molecule has 34 heavy (non-hydrogen) atoms. The van der Waals surface area contributed by atoms with E-state index in [1.54, 1.807) is 7.11 Å². The zero-order valence-electron chi connectivity index (χ0n) is 18.7. The molecule has 0 saturated heterocycles. The third kappa shape index (κ3) is 6.04. The van der Waals surface area contributed by atoms with Crippen LogP contribution in [0.3, 0.4) is 0 Å². The van der Waals surface area contributed by atoms with E-state index in [0.29, 0.717) is 29.8 Å². The first-order valence-corrected chi connectivity index (χ1v) is 11.4. The van der Waals surface area contributed by atoms with Gasteiger partial charge in [0.05, 0.1) is 12.8 Å². The average molecular weight is 478 g/mol. The number of amides is 2. The number of carbonyl (C=O) groups is 2. The van der Waals surface area contributed by atoms with Crippen LogP contribution in [0.2, 0.25) is 0 Å². The van der Waals surface area contributed by atoms with E-state index in [9.17, 15) is 9.59 Å². The van der Waals surface area contributed by atoms with Gasteiger partial charge in [0.1, 0.15) is 5.75 Å². The molecule has 0 fully saturated rings. The Hall–Kier alpha value is -4.05. The molecule has 2 amide bonds. The maximum atomic E-state index is 12.4. The summed E-state index contributed by atoms with van der Waals surface area (Å²) in [6.07, 6.45) is 0.514. The minimum atomic E-state index is -0.184. The summed E-state index contributed by atoms with van der Waals surface area (Å²) in [5.74, 6) is 1.34. The van der Waals surface area contributed by atoms with Gasteiger partial charge in [-0.05, 0) is 29.8 Å². The lowest BCUT2D eigenvalue weighted by molar-refractivity contribution is -0.119. The standard InChI is InChI=1S/C24H23N5O4S/c1-15(30)25-13-16-3-5-17(6-4-16)20-14-34-24(26-20)27-21(31)11-12-22-28-23(29-33-22)18-7-9-19(32-2)10-8-18/h3-10,14H,11-13H2,1-2H3,(H,25,30)(H,26,27,31). The van der Waals surface area contributed by atoms with Crippen LogP contribution in [0.15, 0.2) is 58.4 Å². The zero-order valence-corrected chi connectivity index (χ0v) is 19.5. The number of nitrogens with one attached hydrogen (secondary N) is 2. The van der Waals surface area contributed by atoms with Crippen LogP contribution >= 0.6 is 11.3 Å². The first-order valence-electron chi connectivity index (χ1n) is 10.6. The van der Waals surface area contributed by atoms with Crippen molar-refractivity contribution < 1.29 is 18.8 Å². The predicted molar refractivity (Wildman–Crippen MR) is 128 cm³/mol. The molecule has 0 unspecified atom stereocenters. The number of thiazole rings is 1. The van der Waals surface area contributed by atoms with Crippen LogP contribution in [0.25, 0.3) is 22.6 Å². The molecule has 0 aliphatic heterocycles. The van der Waals surface area contributed by atoms with Crippen molar-refractivity contribution in [2.75, 3.05) is 12.4 Å². The van der Waals surface area contributed by atoms with Crippen molar-refractivity contribution in [3.05, 3.63) is 65.4 Å². The van der Waals surface area contributed by atoms with E-state index in [1.807, 2.05) is 53.9 Å². The average Bonchev–Trinajstić information content (AvgIpc) is 3.52. The molecule has 2 heterocycles. The third-order valence-corrected chi connectivity index (χ3v) is 5.68. The Morgan fingerprint density at radius 1 is 1.03 bits per heavy atom. The van der Waals surface area contributed by atoms with Gasteiger partial charge in [-0.2, -0.15) is 4.98 Å². The molecule has 0 spiro atoms. The summed E-state index contributed by atoms with van der Waals surface area (Å²) >= 11 is 1.36. The number of ether oxygens (including phenoxy) is 1. The number of hydrogen-bond acceptors (Lipinski definition) is 8. The molecular formula is C24H23N5O4S. The summed E-state index contributed by atoms with van der Waals surface area (Å²) in [5, 5.41) is 12.0. The molecule has 0 atom stereocenters. The summed E-state index contributed by atoms with van der Waals surface area (Å²) in [5.41, 5.74) is 3.50. The van der Waals surface area contributed by atoms with Crippen molar-refractivity contribution in [1.82, 2.24) is 20.4 Å². The Balaban J connectivity index is 1.29. The number of aryl methyl sites for hydroxylation is 1. The molecule has 174 valence electrons. The van der Waals surface area contributed by atoms with Crippen LogP contribution in [-0.2, 0) is 22.6 Å². The molecule has 4 aromatic rings. The SMILES string of the molecule is COc1ccc(-c2noc(CCC(=O)Nc3nc(-c4ccc(CNC(C)=O)cc4)cs3)n2)cc1. The molecule has 0 radical (unpaired) electrons. The second kappa shape index (κ2) is 10.7. The Kier molecular flexibility index (Phi) is 7.28. The van der Waals surface area contributed by atoms with Gasteiger partial charge in [-0.15, -0.1) is 11.3 Å². The number of aromatic nitrogens is 3. The van der Waals surface area contributed by atoms with E-state index >= 15 is 0 Å². The molecule has 0 aliphatic rings. The second-order valence-corrected chi connectivity index (χ2v) is 8.29. The van der Waals surface area contributed by atoms with Crippen molar-refractivity contribution >= 4 is 28.3 Å². The first kappa shape index (κ1) is 23.1. The normalized spacial score (nSPS) is 10.6. The van der Waals surface area contributed by atoms with Gasteiger partial charge in [-0.25, -0.2) is 4.98 Å². The van der Waals surface area contributed by atoms with Gasteiger partial charge in [0.15, 0.2) is 5.13 Å². The Morgan fingerprint density at radius 3 is 2.47 bits per heavy atom. The lowest BCUT2D eigenvalue weighted by Crippen LogP contribution is -2.18. The van der Waals surface area contributed by atoms with Crippen molar-refractivity contribution in [2.45, 2.75) is 26.3 Å². The van der Waals surface area contributed by atoms with Gasteiger partial charge in [0, 0.05) is 42.8 Å². The van der Waals surface area contributed by atoms with E-state index < -0.39 is 0 Å². The van der Waals surface area contributed by atoms with Crippen molar-refractivity contribution in [3.63, 3.8) is 0 Å². The highest BCUT2D eigenvalue weighted by Crippen LogP contribution is 2.25. The fourth-order valence-corrected chi connectivity index (χ4v) is 3.84. The number of hydrogen-bond donors (Lipinski definition) is 2. The molecule has 4 rings (SSSR count).